The van der Waals surface area contributed by atoms with Crippen molar-refractivity contribution in [2.45, 2.75) is 0 Å². The Bertz CT molecular complexity index is 434. The average molecular weight is 207 g/mol. The molecule has 1 rings (SSSR count). The Morgan fingerprint density at radius 2 is 2.07 bits per heavy atom. The first-order valence-corrected chi connectivity index (χ1v) is 4.01. The Balaban J connectivity index is 3.47. The number of hydrogen-bond donors (Lipinski definition) is 0. The maximum Gasteiger partial charge on any atom is 0.316 e. The van der Waals surface area contributed by atoms with E-state index in [-0.39, 0.29) is 17.2 Å². The number of hydrogen-bond acceptors (Lipinski definition) is 4. The van der Waals surface area contributed by atoms with Crippen molar-refractivity contribution in [3.8, 4) is 23.8 Å². The molecule has 0 spiro atoms. The van der Waals surface area contributed by atoms with E-state index >= 15 is 0 Å². The molecule has 0 N–H and O–H groups in total. The van der Waals surface area contributed by atoms with Crippen molar-refractivity contribution in [1.29, 1.82) is 0 Å². The Hall–Kier alpha value is -2.22. The first-order valence-electron chi connectivity index (χ1n) is 4.01. The molecule has 0 fully saturated rings. The summed E-state index contributed by atoms with van der Waals surface area (Å²) in [5, 5.41) is 10.7. The van der Waals surface area contributed by atoms with Crippen molar-refractivity contribution in [3.63, 3.8) is 0 Å². The molecule has 0 radical (unpaired) electrons. The second kappa shape index (κ2) is 4.33. The summed E-state index contributed by atoms with van der Waals surface area (Å²) in [4.78, 5) is 10.2. The summed E-state index contributed by atoms with van der Waals surface area (Å²) >= 11 is 0. The van der Waals surface area contributed by atoms with Gasteiger partial charge in [0.25, 0.3) is 0 Å². The molecule has 15 heavy (non-hydrogen) atoms. The third-order valence-electron chi connectivity index (χ3n) is 1.82. The van der Waals surface area contributed by atoms with Gasteiger partial charge in [-0.15, -0.1) is 6.42 Å². The molecule has 78 valence electrons. The lowest BCUT2D eigenvalue weighted by molar-refractivity contribution is -0.385. The van der Waals surface area contributed by atoms with Crippen molar-refractivity contribution >= 4 is 5.69 Å². The fraction of sp³-hybridized carbons (Fsp3) is 0.200. The highest BCUT2D eigenvalue weighted by molar-refractivity contribution is 5.60. The highest BCUT2D eigenvalue weighted by Crippen LogP contribution is 2.37. The normalized spacial score (nSPS) is 9.13. The number of nitro groups is 1. The largest absolute Gasteiger partial charge is 0.493 e. The molecular formula is C10H9NO4. The third kappa shape index (κ3) is 1.99. The quantitative estimate of drug-likeness (QED) is 0.429. The fourth-order valence-electron chi connectivity index (χ4n) is 1.16. The molecule has 0 saturated heterocycles. The van der Waals surface area contributed by atoms with Crippen molar-refractivity contribution in [1.82, 2.24) is 0 Å². The maximum atomic E-state index is 10.7. The van der Waals surface area contributed by atoms with E-state index in [1.807, 2.05) is 0 Å². The van der Waals surface area contributed by atoms with Gasteiger partial charge in [-0.05, 0) is 0 Å². The van der Waals surface area contributed by atoms with Crippen molar-refractivity contribution in [2.75, 3.05) is 14.2 Å². The summed E-state index contributed by atoms with van der Waals surface area (Å²) in [6.07, 6.45) is 5.17. The average Bonchev–Trinajstić information content (AvgIpc) is 2.26. The smallest absolute Gasteiger partial charge is 0.316 e. The maximum absolute atomic E-state index is 10.7. The van der Waals surface area contributed by atoms with Crippen molar-refractivity contribution in [3.05, 3.63) is 27.8 Å². The van der Waals surface area contributed by atoms with Crippen LogP contribution in [0.2, 0.25) is 0 Å². The predicted molar refractivity (Wildman–Crippen MR) is 54.1 cm³/mol. The summed E-state index contributed by atoms with van der Waals surface area (Å²) in [5.41, 5.74) is 0.171. The Kier molecular flexibility index (Phi) is 3.13. The summed E-state index contributed by atoms with van der Waals surface area (Å²) in [5.74, 6) is 2.63. The molecule has 5 heteroatoms. The van der Waals surface area contributed by atoms with Gasteiger partial charge in [0.05, 0.1) is 19.1 Å². The summed E-state index contributed by atoms with van der Waals surface area (Å²) in [6, 6.07) is 2.77. The fourth-order valence-corrected chi connectivity index (χ4v) is 1.16. The number of methoxy groups -OCH3 is 2. The molecule has 1 aromatic carbocycles. The van der Waals surface area contributed by atoms with Gasteiger partial charge in [0.2, 0.25) is 5.75 Å². The zero-order valence-electron chi connectivity index (χ0n) is 8.31. The lowest BCUT2D eigenvalue weighted by Gasteiger charge is -2.07. The highest BCUT2D eigenvalue weighted by Gasteiger charge is 2.20. The van der Waals surface area contributed by atoms with Gasteiger partial charge in [-0.25, -0.2) is 0 Å². The van der Waals surface area contributed by atoms with Crippen LogP contribution in [-0.2, 0) is 0 Å². The van der Waals surface area contributed by atoms with Gasteiger partial charge in [0.15, 0.2) is 5.75 Å². The van der Waals surface area contributed by atoms with E-state index in [9.17, 15) is 10.1 Å². The van der Waals surface area contributed by atoms with Crippen LogP contribution in [0, 0.1) is 22.5 Å². The minimum Gasteiger partial charge on any atom is -0.493 e. The second-order valence-corrected chi connectivity index (χ2v) is 2.63. The van der Waals surface area contributed by atoms with E-state index in [2.05, 4.69) is 5.92 Å². The number of terminal acetylenes is 1. The SMILES string of the molecule is C#Cc1cc(OC)c(OC)c([N+](=O)[O-])c1. The lowest BCUT2D eigenvalue weighted by atomic mass is 10.2. The predicted octanol–water partition coefficient (Wildman–Crippen LogP) is 1.59. The van der Waals surface area contributed by atoms with Crippen molar-refractivity contribution < 1.29 is 14.4 Å². The number of ether oxygens (including phenoxy) is 2. The third-order valence-corrected chi connectivity index (χ3v) is 1.82. The molecule has 0 bridgehead atoms. The van der Waals surface area contributed by atoms with Crippen LogP contribution in [0.4, 0.5) is 5.69 Å². The summed E-state index contributed by atoms with van der Waals surface area (Å²) in [7, 11) is 2.72. The van der Waals surface area contributed by atoms with Crippen LogP contribution in [0.5, 0.6) is 11.5 Å². The molecule has 1 aromatic rings. The molecule has 0 aliphatic rings. The monoisotopic (exact) mass is 207 g/mol. The molecule has 0 atom stereocenters. The summed E-state index contributed by atoms with van der Waals surface area (Å²) < 4.78 is 9.84. The minimum absolute atomic E-state index is 0.0708. The zero-order valence-corrected chi connectivity index (χ0v) is 8.31. The molecule has 0 aliphatic heterocycles. The molecule has 0 amide bonds. The molecule has 0 aliphatic carbocycles. The topological polar surface area (TPSA) is 61.6 Å². The van der Waals surface area contributed by atoms with Gasteiger partial charge in [-0.2, -0.15) is 0 Å². The van der Waals surface area contributed by atoms with Crippen LogP contribution in [0.15, 0.2) is 12.1 Å². The van der Waals surface area contributed by atoms with Gasteiger partial charge in [0, 0.05) is 17.7 Å². The standard InChI is InChI=1S/C10H9NO4/c1-4-7-5-8(11(12)13)10(15-3)9(6-7)14-2/h1,5-6H,2-3H3. The van der Waals surface area contributed by atoms with E-state index in [0.717, 1.165) is 0 Å². The molecular weight excluding hydrogens is 198 g/mol. The molecule has 0 heterocycles. The Morgan fingerprint density at radius 1 is 1.40 bits per heavy atom. The van der Waals surface area contributed by atoms with E-state index in [1.165, 1.54) is 26.4 Å². The first-order chi connectivity index (χ1) is 7.13. The van der Waals surface area contributed by atoms with Gasteiger partial charge < -0.3 is 9.47 Å². The number of benzene rings is 1. The van der Waals surface area contributed by atoms with E-state index in [0.29, 0.717) is 5.56 Å². The zero-order chi connectivity index (χ0) is 11.4. The Labute approximate surface area is 86.8 Å². The molecule has 0 unspecified atom stereocenters. The Morgan fingerprint density at radius 3 is 2.47 bits per heavy atom. The van der Waals surface area contributed by atoms with E-state index < -0.39 is 4.92 Å². The van der Waals surface area contributed by atoms with E-state index in [1.54, 1.807) is 0 Å². The van der Waals surface area contributed by atoms with Gasteiger partial charge in [-0.3, -0.25) is 10.1 Å². The first kappa shape index (κ1) is 10.9. The molecule has 0 saturated carbocycles. The van der Waals surface area contributed by atoms with Crippen LogP contribution in [0.1, 0.15) is 5.56 Å². The lowest BCUT2D eigenvalue weighted by Crippen LogP contribution is -1.97. The van der Waals surface area contributed by atoms with Crippen molar-refractivity contribution in [2.24, 2.45) is 0 Å². The molecule has 5 nitrogen and oxygen atoms in total. The minimum atomic E-state index is -0.567. The second-order valence-electron chi connectivity index (χ2n) is 2.63. The van der Waals surface area contributed by atoms with Crippen LogP contribution >= 0.6 is 0 Å². The van der Waals surface area contributed by atoms with Gasteiger partial charge >= 0.3 is 5.69 Å². The number of nitro benzene ring substituents is 1. The van der Waals surface area contributed by atoms with Crippen LogP contribution in [0.3, 0.4) is 0 Å². The molecule has 0 aromatic heterocycles. The van der Waals surface area contributed by atoms with Gasteiger partial charge in [0.1, 0.15) is 0 Å². The van der Waals surface area contributed by atoms with E-state index in [4.69, 9.17) is 15.9 Å². The highest BCUT2D eigenvalue weighted by atomic mass is 16.6. The van der Waals surface area contributed by atoms with Crippen LogP contribution in [0.25, 0.3) is 0 Å². The summed E-state index contributed by atoms with van der Waals surface area (Å²) in [6.45, 7) is 0. The number of nitrogens with zero attached hydrogens (tertiary/aromatic N) is 1. The van der Waals surface area contributed by atoms with Crippen LogP contribution < -0.4 is 9.47 Å². The van der Waals surface area contributed by atoms with Gasteiger partial charge in [-0.1, -0.05) is 5.92 Å². The van der Waals surface area contributed by atoms with Crippen LogP contribution in [-0.4, -0.2) is 19.1 Å². The number of rotatable bonds is 3.